The van der Waals surface area contributed by atoms with Crippen LogP contribution in [-0.2, 0) is 13.6 Å². The Bertz CT molecular complexity index is 544. The number of carbonyl (C=O) groups is 1. The van der Waals surface area contributed by atoms with E-state index < -0.39 is 0 Å². The predicted molar refractivity (Wildman–Crippen MR) is 70.3 cm³/mol. The molecule has 0 saturated heterocycles. The largest absolute Gasteiger partial charge is 0.340 e. The van der Waals surface area contributed by atoms with Crippen molar-refractivity contribution in [1.29, 1.82) is 0 Å². The fraction of sp³-hybridized carbons (Fsp3) is 0.231. The second-order valence-corrected chi connectivity index (χ2v) is 4.16. The SMILES string of the molecule is CN(C(=O)c1cn(C)cn1)c1ccc(CN)cc1. The first kappa shape index (κ1) is 12.3. The van der Waals surface area contributed by atoms with Crippen LogP contribution in [0.5, 0.6) is 0 Å². The van der Waals surface area contributed by atoms with Gasteiger partial charge in [0.25, 0.3) is 5.91 Å². The number of nitrogens with zero attached hydrogens (tertiary/aromatic N) is 3. The van der Waals surface area contributed by atoms with Crippen LogP contribution in [0.1, 0.15) is 16.1 Å². The molecule has 0 radical (unpaired) electrons. The van der Waals surface area contributed by atoms with Gasteiger partial charge in [0.1, 0.15) is 5.69 Å². The highest BCUT2D eigenvalue weighted by atomic mass is 16.2. The van der Waals surface area contributed by atoms with E-state index in [9.17, 15) is 4.79 Å². The van der Waals surface area contributed by atoms with Gasteiger partial charge in [-0.3, -0.25) is 4.79 Å². The number of aromatic nitrogens is 2. The van der Waals surface area contributed by atoms with Gasteiger partial charge in [-0.2, -0.15) is 0 Å². The first-order valence-corrected chi connectivity index (χ1v) is 5.67. The van der Waals surface area contributed by atoms with Gasteiger partial charge in [-0.25, -0.2) is 4.98 Å². The van der Waals surface area contributed by atoms with Gasteiger partial charge in [0.2, 0.25) is 0 Å². The van der Waals surface area contributed by atoms with Crippen LogP contribution in [0, 0.1) is 0 Å². The molecule has 2 aromatic rings. The van der Waals surface area contributed by atoms with Crippen LogP contribution in [0.15, 0.2) is 36.8 Å². The maximum absolute atomic E-state index is 12.1. The summed E-state index contributed by atoms with van der Waals surface area (Å²) >= 11 is 0. The maximum atomic E-state index is 12.1. The Morgan fingerprint density at radius 2 is 2.06 bits per heavy atom. The number of imidazole rings is 1. The minimum absolute atomic E-state index is 0.129. The number of hydrogen-bond donors (Lipinski definition) is 1. The van der Waals surface area contributed by atoms with Crippen molar-refractivity contribution in [1.82, 2.24) is 9.55 Å². The number of aryl methyl sites for hydroxylation is 1. The van der Waals surface area contributed by atoms with Crippen molar-refractivity contribution >= 4 is 11.6 Å². The van der Waals surface area contributed by atoms with Crippen molar-refractivity contribution < 1.29 is 4.79 Å². The molecule has 1 aromatic heterocycles. The van der Waals surface area contributed by atoms with Gasteiger partial charge >= 0.3 is 0 Å². The van der Waals surface area contributed by atoms with E-state index >= 15 is 0 Å². The summed E-state index contributed by atoms with van der Waals surface area (Å²) in [6, 6.07) is 7.58. The Labute approximate surface area is 106 Å². The summed E-state index contributed by atoms with van der Waals surface area (Å²) in [6.45, 7) is 0.498. The normalized spacial score (nSPS) is 10.4. The number of anilines is 1. The van der Waals surface area contributed by atoms with E-state index in [-0.39, 0.29) is 5.91 Å². The smallest absolute Gasteiger partial charge is 0.278 e. The molecule has 94 valence electrons. The Balaban J connectivity index is 2.19. The quantitative estimate of drug-likeness (QED) is 0.881. The topological polar surface area (TPSA) is 64.2 Å². The molecule has 18 heavy (non-hydrogen) atoms. The van der Waals surface area contributed by atoms with E-state index in [1.54, 1.807) is 29.0 Å². The van der Waals surface area contributed by atoms with Crippen molar-refractivity contribution in [3.8, 4) is 0 Å². The van der Waals surface area contributed by atoms with Crippen molar-refractivity contribution in [2.24, 2.45) is 12.8 Å². The van der Waals surface area contributed by atoms with Crippen molar-refractivity contribution in [3.05, 3.63) is 48.0 Å². The van der Waals surface area contributed by atoms with E-state index in [4.69, 9.17) is 5.73 Å². The van der Waals surface area contributed by atoms with Crippen molar-refractivity contribution in [2.45, 2.75) is 6.54 Å². The lowest BCUT2D eigenvalue weighted by Crippen LogP contribution is -2.26. The van der Waals surface area contributed by atoms with Crippen LogP contribution in [0.2, 0.25) is 0 Å². The number of benzene rings is 1. The minimum Gasteiger partial charge on any atom is -0.340 e. The average molecular weight is 244 g/mol. The van der Waals surface area contributed by atoms with E-state index in [0.29, 0.717) is 12.2 Å². The molecule has 0 fully saturated rings. The van der Waals surface area contributed by atoms with E-state index in [1.807, 2.05) is 31.3 Å². The van der Waals surface area contributed by atoms with E-state index in [0.717, 1.165) is 11.3 Å². The summed E-state index contributed by atoms with van der Waals surface area (Å²) in [5.41, 5.74) is 7.83. The van der Waals surface area contributed by atoms with Crippen LogP contribution in [-0.4, -0.2) is 22.5 Å². The molecule has 0 atom stereocenters. The highest BCUT2D eigenvalue weighted by Crippen LogP contribution is 2.15. The highest BCUT2D eigenvalue weighted by Gasteiger charge is 2.15. The van der Waals surface area contributed by atoms with Gasteiger partial charge in [-0.05, 0) is 17.7 Å². The van der Waals surface area contributed by atoms with Crippen molar-refractivity contribution in [2.75, 3.05) is 11.9 Å². The summed E-state index contributed by atoms with van der Waals surface area (Å²) in [4.78, 5) is 17.8. The zero-order chi connectivity index (χ0) is 13.1. The standard InChI is InChI=1S/C13H16N4O/c1-16-8-12(15-9-16)13(18)17(2)11-5-3-10(7-14)4-6-11/h3-6,8-9H,7,14H2,1-2H3. The second kappa shape index (κ2) is 5.01. The van der Waals surface area contributed by atoms with Gasteiger partial charge in [0.15, 0.2) is 0 Å². The highest BCUT2D eigenvalue weighted by molar-refractivity contribution is 6.04. The lowest BCUT2D eigenvalue weighted by Gasteiger charge is -2.16. The number of nitrogens with two attached hydrogens (primary N) is 1. The third kappa shape index (κ3) is 2.41. The Morgan fingerprint density at radius 1 is 1.39 bits per heavy atom. The molecule has 0 unspecified atom stereocenters. The molecule has 0 saturated carbocycles. The molecule has 0 aliphatic carbocycles. The molecule has 0 aliphatic heterocycles. The van der Waals surface area contributed by atoms with Gasteiger partial charge in [-0.15, -0.1) is 0 Å². The van der Waals surface area contributed by atoms with E-state index in [2.05, 4.69) is 4.98 Å². The molecular weight excluding hydrogens is 228 g/mol. The summed E-state index contributed by atoms with van der Waals surface area (Å²) in [5.74, 6) is -0.129. The zero-order valence-corrected chi connectivity index (χ0v) is 10.5. The lowest BCUT2D eigenvalue weighted by molar-refractivity contribution is 0.0988. The molecule has 0 bridgehead atoms. The fourth-order valence-electron chi connectivity index (χ4n) is 1.67. The molecule has 0 aliphatic rings. The van der Waals surface area contributed by atoms with Crippen molar-refractivity contribution in [3.63, 3.8) is 0 Å². The lowest BCUT2D eigenvalue weighted by atomic mass is 10.2. The molecule has 0 spiro atoms. The Hall–Kier alpha value is -2.14. The van der Waals surface area contributed by atoms with E-state index in [1.165, 1.54) is 0 Å². The van der Waals surface area contributed by atoms with Gasteiger partial charge in [-0.1, -0.05) is 12.1 Å². The van der Waals surface area contributed by atoms with Crippen LogP contribution in [0.3, 0.4) is 0 Å². The number of hydrogen-bond acceptors (Lipinski definition) is 3. The fourth-order valence-corrected chi connectivity index (χ4v) is 1.67. The molecule has 2 rings (SSSR count). The molecular formula is C13H16N4O. The Kier molecular flexibility index (Phi) is 3.43. The Morgan fingerprint density at radius 3 is 2.56 bits per heavy atom. The molecule has 5 heteroatoms. The summed E-state index contributed by atoms with van der Waals surface area (Å²) in [5, 5.41) is 0. The number of amides is 1. The third-order valence-electron chi connectivity index (χ3n) is 2.79. The van der Waals surface area contributed by atoms with Crippen LogP contribution >= 0.6 is 0 Å². The summed E-state index contributed by atoms with van der Waals surface area (Å²) in [6.07, 6.45) is 3.31. The van der Waals surface area contributed by atoms with Gasteiger partial charge in [0.05, 0.1) is 6.33 Å². The van der Waals surface area contributed by atoms with Gasteiger partial charge in [0, 0.05) is 32.5 Å². The van der Waals surface area contributed by atoms with Crippen LogP contribution < -0.4 is 10.6 Å². The first-order chi connectivity index (χ1) is 8.61. The average Bonchev–Trinajstić information content (AvgIpc) is 2.84. The predicted octanol–water partition coefficient (Wildman–Crippen LogP) is 1.16. The summed E-state index contributed by atoms with van der Waals surface area (Å²) in [7, 11) is 3.56. The minimum atomic E-state index is -0.129. The molecule has 2 N–H and O–H groups in total. The van der Waals surface area contributed by atoms with Crippen LogP contribution in [0.4, 0.5) is 5.69 Å². The second-order valence-electron chi connectivity index (χ2n) is 4.16. The number of rotatable bonds is 3. The monoisotopic (exact) mass is 244 g/mol. The third-order valence-corrected chi connectivity index (χ3v) is 2.79. The molecule has 1 amide bonds. The summed E-state index contributed by atoms with van der Waals surface area (Å²) < 4.78 is 1.75. The van der Waals surface area contributed by atoms with Crippen LogP contribution in [0.25, 0.3) is 0 Å². The van der Waals surface area contributed by atoms with Gasteiger partial charge < -0.3 is 15.2 Å². The zero-order valence-electron chi connectivity index (χ0n) is 10.5. The first-order valence-electron chi connectivity index (χ1n) is 5.67. The number of carbonyl (C=O) groups excluding carboxylic acids is 1. The maximum Gasteiger partial charge on any atom is 0.278 e. The molecule has 5 nitrogen and oxygen atoms in total. The molecule has 1 heterocycles. The molecule has 1 aromatic carbocycles.